The van der Waals surface area contributed by atoms with Gasteiger partial charge in [-0.2, -0.15) is 0 Å². The summed E-state index contributed by atoms with van der Waals surface area (Å²) < 4.78 is 5.43. The van der Waals surface area contributed by atoms with E-state index in [1.807, 2.05) is 0 Å². The zero-order valence-corrected chi connectivity index (χ0v) is 6.55. The summed E-state index contributed by atoms with van der Waals surface area (Å²) >= 11 is 0. The highest BCUT2D eigenvalue weighted by Crippen LogP contribution is 2.17. The Morgan fingerprint density at radius 2 is 2.40 bits per heavy atom. The van der Waals surface area contributed by atoms with Crippen LogP contribution in [0.15, 0.2) is 0 Å². The maximum atomic E-state index is 9.23. The van der Waals surface area contributed by atoms with Crippen molar-refractivity contribution in [2.45, 2.75) is 44.8 Å². The molecule has 0 spiro atoms. The van der Waals surface area contributed by atoms with Crippen LogP contribution in [0.2, 0.25) is 0 Å². The standard InChI is InChI=1S/C8H16O2/c1-2-3-8-6-7(9)4-5-10-8/h7-9H,2-6H2,1H3. The third-order valence-electron chi connectivity index (χ3n) is 1.95. The Hall–Kier alpha value is -0.0800. The van der Waals surface area contributed by atoms with Gasteiger partial charge in [0.2, 0.25) is 0 Å². The summed E-state index contributed by atoms with van der Waals surface area (Å²) in [7, 11) is 0. The first-order valence-electron chi connectivity index (χ1n) is 4.12. The molecule has 2 nitrogen and oxygen atoms in total. The van der Waals surface area contributed by atoms with Crippen LogP contribution in [0.1, 0.15) is 32.6 Å². The van der Waals surface area contributed by atoms with Crippen LogP contribution in [0, 0.1) is 0 Å². The van der Waals surface area contributed by atoms with Gasteiger partial charge in [-0.15, -0.1) is 0 Å². The summed E-state index contributed by atoms with van der Waals surface area (Å²) in [5.41, 5.74) is 0. The SMILES string of the molecule is CCCC1CC(O)CCO1. The van der Waals surface area contributed by atoms with E-state index in [0.29, 0.717) is 6.10 Å². The Morgan fingerprint density at radius 3 is 3.00 bits per heavy atom. The fraction of sp³-hybridized carbons (Fsp3) is 1.00. The van der Waals surface area contributed by atoms with Gasteiger partial charge in [-0.1, -0.05) is 13.3 Å². The Balaban J connectivity index is 2.18. The zero-order chi connectivity index (χ0) is 7.40. The van der Waals surface area contributed by atoms with E-state index < -0.39 is 0 Å². The van der Waals surface area contributed by atoms with Crippen LogP contribution in [0.4, 0.5) is 0 Å². The van der Waals surface area contributed by atoms with Gasteiger partial charge in [0.1, 0.15) is 0 Å². The first-order chi connectivity index (χ1) is 4.83. The number of hydrogen-bond donors (Lipinski definition) is 1. The molecule has 1 saturated heterocycles. The molecular formula is C8H16O2. The van der Waals surface area contributed by atoms with Crippen LogP contribution in [0.3, 0.4) is 0 Å². The van der Waals surface area contributed by atoms with Crippen LogP contribution in [-0.2, 0) is 4.74 Å². The van der Waals surface area contributed by atoms with Crippen molar-refractivity contribution < 1.29 is 9.84 Å². The molecule has 0 amide bonds. The third-order valence-corrected chi connectivity index (χ3v) is 1.95. The average Bonchev–Trinajstić information content (AvgIpc) is 1.88. The van der Waals surface area contributed by atoms with Crippen molar-refractivity contribution in [3.63, 3.8) is 0 Å². The summed E-state index contributed by atoms with van der Waals surface area (Å²) in [6, 6.07) is 0. The minimum Gasteiger partial charge on any atom is -0.393 e. The lowest BCUT2D eigenvalue weighted by atomic mass is 10.0. The number of rotatable bonds is 2. The van der Waals surface area contributed by atoms with Gasteiger partial charge in [0.25, 0.3) is 0 Å². The van der Waals surface area contributed by atoms with Crippen molar-refractivity contribution in [3.05, 3.63) is 0 Å². The molecule has 0 aromatic rings. The lowest BCUT2D eigenvalue weighted by Gasteiger charge is -2.25. The van der Waals surface area contributed by atoms with E-state index in [0.717, 1.165) is 32.3 Å². The smallest absolute Gasteiger partial charge is 0.0599 e. The minimum absolute atomic E-state index is 0.106. The summed E-state index contributed by atoms with van der Waals surface area (Å²) in [5, 5.41) is 9.23. The highest BCUT2D eigenvalue weighted by Gasteiger charge is 2.19. The highest BCUT2D eigenvalue weighted by molar-refractivity contribution is 4.69. The molecule has 0 bridgehead atoms. The van der Waals surface area contributed by atoms with Gasteiger partial charge >= 0.3 is 0 Å². The number of ether oxygens (including phenoxy) is 1. The van der Waals surface area contributed by atoms with Crippen molar-refractivity contribution in [1.82, 2.24) is 0 Å². The first-order valence-corrected chi connectivity index (χ1v) is 4.12. The molecule has 2 atom stereocenters. The van der Waals surface area contributed by atoms with Gasteiger partial charge in [0.05, 0.1) is 12.2 Å². The second-order valence-corrected chi connectivity index (χ2v) is 2.96. The predicted molar refractivity (Wildman–Crippen MR) is 39.9 cm³/mol. The second kappa shape index (κ2) is 3.94. The van der Waals surface area contributed by atoms with Crippen molar-refractivity contribution in [2.24, 2.45) is 0 Å². The molecule has 0 aromatic carbocycles. The Bertz CT molecular complexity index is 91.3. The van der Waals surface area contributed by atoms with Crippen molar-refractivity contribution >= 4 is 0 Å². The Morgan fingerprint density at radius 1 is 1.60 bits per heavy atom. The second-order valence-electron chi connectivity index (χ2n) is 2.96. The van der Waals surface area contributed by atoms with Crippen molar-refractivity contribution in [1.29, 1.82) is 0 Å². The van der Waals surface area contributed by atoms with E-state index in [9.17, 15) is 5.11 Å². The van der Waals surface area contributed by atoms with Gasteiger partial charge < -0.3 is 9.84 Å². The third kappa shape index (κ3) is 2.27. The monoisotopic (exact) mass is 144 g/mol. The molecule has 60 valence electrons. The fourth-order valence-corrected chi connectivity index (χ4v) is 1.38. The van der Waals surface area contributed by atoms with E-state index >= 15 is 0 Å². The Labute approximate surface area is 62.2 Å². The topological polar surface area (TPSA) is 29.5 Å². The van der Waals surface area contributed by atoms with E-state index in [1.165, 1.54) is 0 Å². The van der Waals surface area contributed by atoms with E-state index in [2.05, 4.69) is 6.92 Å². The summed E-state index contributed by atoms with van der Waals surface area (Å²) in [4.78, 5) is 0. The summed E-state index contributed by atoms with van der Waals surface area (Å²) in [6.45, 7) is 2.89. The van der Waals surface area contributed by atoms with Crippen LogP contribution >= 0.6 is 0 Å². The Kier molecular flexibility index (Phi) is 3.16. The fourth-order valence-electron chi connectivity index (χ4n) is 1.38. The van der Waals surface area contributed by atoms with Crippen LogP contribution < -0.4 is 0 Å². The molecule has 0 aliphatic carbocycles. The van der Waals surface area contributed by atoms with Gasteiger partial charge in [-0.3, -0.25) is 0 Å². The van der Waals surface area contributed by atoms with Gasteiger partial charge in [-0.25, -0.2) is 0 Å². The molecule has 1 N–H and O–H groups in total. The van der Waals surface area contributed by atoms with Gasteiger partial charge in [0.15, 0.2) is 0 Å². The molecule has 1 aliphatic rings. The van der Waals surface area contributed by atoms with Crippen molar-refractivity contribution in [2.75, 3.05) is 6.61 Å². The van der Waals surface area contributed by atoms with Crippen LogP contribution in [0.25, 0.3) is 0 Å². The van der Waals surface area contributed by atoms with E-state index in [1.54, 1.807) is 0 Å². The molecule has 1 rings (SSSR count). The summed E-state index contributed by atoms with van der Waals surface area (Å²) in [6.07, 6.45) is 4.13. The van der Waals surface area contributed by atoms with Crippen molar-refractivity contribution in [3.8, 4) is 0 Å². The first kappa shape index (κ1) is 8.02. The number of aliphatic hydroxyl groups is 1. The van der Waals surface area contributed by atoms with E-state index in [-0.39, 0.29) is 6.10 Å². The molecule has 10 heavy (non-hydrogen) atoms. The number of hydrogen-bond acceptors (Lipinski definition) is 2. The quantitative estimate of drug-likeness (QED) is 0.633. The average molecular weight is 144 g/mol. The van der Waals surface area contributed by atoms with Gasteiger partial charge in [-0.05, 0) is 19.3 Å². The largest absolute Gasteiger partial charge is 0.393 e. The molecule has 2 heteroatoms. The van der Waals surface area contributed by atoms with Crippen LogP contribution in [-0.4, -0.2) is 23.9 Å². The van der Waals surface area contributed by atoms with E-state index in [4.69, 9.17) is 4.74 Å². The normalized spacial score (nSPS) is 34.2. The number of aliphatic hydroxyl groups excluding tert-OH is 1. The van der Waals surface area contributed by atoms with Crippen LogP contribution in [0.5, 0.6) is 0 Å². The van der Waals surface area contributed by atoms with Gasteiger partial charge in [0, 0.05) is 6.61 Å². The highest BCUT2D eigenvalue weighted by atomic mass is 16.5. The molecular weight excluding hydrogens is 128 g/mol. The molecule has 0 saturated carbocycles. The molecule has 0 aromatic heterocycles. The lowest BCUT2D eigenvalue weighted by Crippen LogP contribution is -2.28. The molecule has 1 heterocycles. The predicted octanol–water partition coefficient (Wildman–Crippen LogP) is 1.33. The minimum atomic E-state index is -0.106. The zero-order valence-electron chi connectivity index (χ0n) is 6.55. The lowest BCUT2D eigenvalue weighted by molar-refractivity contribution is -0.0463. The maximum Gasteiger partial charge on any atom is 0.0599 e. The molecule has 1 fully saturated rings. The molecule has 1 aliphatic heterocycles. The molecule has 0 radical (unpaired) electrons. The molecule has 2 unspecified atom stereocenters. The maximum absolute atomic E-state index is 9.23. The summed E-state index contributed by atoms with van der Waals surface area (Å²) in [5.74, 6) is 0.